The first-order valence-electron chi connectivity index (χ1n) is 9.04. The number of benzene rings is 2. The molecule has 25 heavy (non-hydrogen) atoms. The number of likely N-dealkylation sites (tertiary alicyclic amines) is 1. The molecule has 0 radical (unpaired) electrons. The number of rotatable bonds is 4. The van der Waals surface area contributed by atoms with Crippen molar-refractivity contribution >= 4 is 16.7 Å². The summed E-state index contributed by atoms with van der Waals surface area (Å²) in [5, 5.41) is 2.53. The van der Waals surface area contributed by atoms with Crippen molar-refractivity contribution in [2.45, 2.75) is 32.2 Å². The van der Waals surface area contributed by atoms with Gasteiger partial charge < -0.3 is 10.6 Å². The maximum absolute atomic E-state index is 5.57. The average molecular weight is 332 g/mol. The molecule has 1 aliphatic rings. The van der Waals surface area contributed by atoms with Crippen molar-refractivity contribution < 1.29 is 0 Å². The van der Waals surface area contributed by atoms with Crippen molar-refractivity contribution in [2.24, 2.45) is 0 Å². The summed E-state index contributed by atoms with van der Waals surface area (Å²) in [4.78, 5) is 10.8. The van der Waals surface area contributed by atoms with Crippen LogP contribution in [0.5, 0.6) is 0 Å². The van der Waals surface area contributed by atoms with Crippen LogP contribution >= 0.6 is 0 Å². The smallest absolute Gasteiger partial charge is 0.219 e. The molecule has 2 N–H and O–H groups in total. The topological polar surface area (TPSA) is 55.0 Å². The molecule has 128 valence electrons. The fourth-order valence-electron chi connectivity index (χ4n) is 3.72. The number of hydrogen-bond acceptors (Lipinski definition) is 4. The van der Waals surface area contributed by atoms with Crippen LogP contribution in [0, 0.1) is 0 Å². The van der Waals surface area contributed by atoms with E-state index >= 15 is 0 Å². The van der Waals surface area contributed by atoms with Gasteiger partial charge in [0.1, 0.15) is 0 Å². The van der Waals surface area contributed by atoms with Gasteiger partial charge >= 0.3 is 0 Å². The van der Waals surface area contributed by atoms with Crippen LogP contribution in [0.1, 0.15) is 25.3 Å². The lowest BCUT2D eigenvalue weighted by atomic mass is 10.0. The first kappa shape index (κ1) is 16.0. The van der Waals surface area contributed by atoms with Gasteiger partial charge in [-0.3, -0.25) is 0 Å². The van der Waals surface area contributed by atoms with Gasteiger partial charge in [-0.25, -0.2) is 9.97 Å². The summed E-state index contributed by atoms with van der Waals surface area (Å²) in [5.74, 6) is 0.307. The largest absolute Gasteiger partial charge is 0.368 e. The van der Waals surface area contributed by atoms with Crippen molar-refractivity contribution in [1.82, 2.24) is 14.9 Å². The Morgan fingerprint density at radius 3 is 2.56 bits per heavy atom. The Morgan fingerprint density at radius 1 is 1.04 bits per heavy atom. The van der Waals surface area contributed by atoms with E-state index in [0.29, 0.717) is 5.95 Å². The van der Waals surface area contributed by atoms with Gasteiger partial charge in [0.05, 0.1) is 0 Å². The van der Waals surface area contributed by atoms with E-state index in [9.17, 15) is 0 Å². The average Bonchev–Trinajstić information content (AvgIpc) is 3.05. The van der Waals surface area contributed by atoms with Gasteiger partial charge in [0, 0.05) is 30.5 Å². The predicted molar refractivity (Wildman–Crippen MR) is 103 cm³/mol. The molecule has 1 fully saturated rings. The van der Waals surface area contributed by atoms with Gasteiger partial charge in [-0.2, -0.15) is 0 Å². The van der Waals surface area contributed by atoms with Gasteiger partial charge in [-0.1, -0.05) is 30.3 Å². The number of nitrogens with zero attached hydrogens (tertiary/aromatic N) is 3. The maximum atomic E-state index is 5.57. The molecular weight excluding hydrogens is 308 g/mol. The first-order chi connectivity index (χ1) is 12.2. The second-order valence-corrected chi connectivity index (χ2v) is 7.00. The minimum Gasteiger partial charge on any atom is -0.368 e. The first-order valence-corrected chi connectivity index (χ1v) is 9.04. The molecule has 0 bridgehead atoms. The second kappa shape index (κ2) is 6.81. The van der Waals surface area contributed by atoms with Gasteiger partial charge in [0.25, 0.3) is 0 Å². The third kappa shape index (κ3) is 3.49. The molecule has 0 spiro atoms. The van der Waals surface area contributed by atoms with Crippen LogP contribution in [0.2, 0.25) is 0 Å². The number of fused-ring (bicyclic) bond motifs is 1. The summed E-state index contributed by atoms with van der Waals surface area (Å²) in [6.07, 6.45) is 7.35. The Bertz CT molecular complexity index is 873. The predicted octanol–water partition coefficient (Wildman–Crippen LogP) is 3.91. The van der Waals surface area contributed by atoms with Gasteiger partial charge in [0.15, 0.2) is 0 Å². The Kier molecular flexibility index (Phi) is 4.36. The monoisotopic (exact) mass is 332 g/mol. The zero-order valence-electron chi connectivity index (χ0n) is 14.7. The van der Waals surface area contributed by atoms with E-state index in [4.69, 9.17) is 5.73 Å². The highest BCUT2D eigenvalue weighted by Gasteiger charge is 2.19. The fraction of sp³-hybridized carbons (Fsp3) is 0.333. The molecule has 1 saturated heterocycles. The Morgan fingerprint density at radius 2 is 1.80 bits per heavy atom. The molecule has 0 unspecified atom stereocenters. The number of aromatic nitrogens is 2. The van der Waals surface area contributed by atoms with Crippen LogP contribution in [0.4, 0.5) is 5.95 Å². The number of hydrogen-bond donors (Lipinski definition) is 1. The SMILES string of the molecule is C[C@@H]1CCCN1CCc1ccc2cc(-c3cnc(N)nc3)ccc2c1. The summed E-state index contributed by atoms with van der Waals surface area (Å²) < 4.78 is 0. The molecule has 1 atom stereocenters. The highest BCUT2D eigenvalue weighted by molar-refractivity contribution is 5.87. The summed E-state index contributed by atoms with van der Waals surface area (Å²) in [6.45, 7) is 4.76. The van der Waals surface area contributed by atoms with E-state index in [2.05, 4.69) is 58.2 Å². The lowest BCUT2D eigenvalue weighted by Gasteiger charge is -2.20. The Balaban J connectivity index is 1.53. The summed E-state index contributed by atoms with van der Waals surface area (Å²) >= 11 is 0. The molecule has 4 heteroatoms. The molecular formula is C21H24N4. The van der Waals surface area contributed by atoms with E-state index in [1.54, 1.807) is 12.4 Å². The van der Waals surface area contributed by atoms with Crippen LogP contribution in [0.3, 0.4) is 0 Å². The van der Waals surface area contributed by atoms with Crippen molar-refractivity contribution in [2.75, 3.05) is 18.8 Å². The van der Waals surface area contributed by atoms with Crippen molar-refractivity contribution in [3.63, 3.8) is 0 Å². The van der Waals surface area contributed by atoms with Crippen molar-refractivity contribution in [3.8, 4) is 11.1 Å². The van der Waals surface area contributed by atoms with E-state index < -0.39 is 0 Å². The van der Waals surface area contributed by atoms with Crippen LogP contribution in [0.25, 0.3) is 21.9 Å². The number of nitrogen functional groups attached to an aromatic ring is 1. The van der Waals surface area contributed by atoms with Crippen molar-refractivity contribution in [1.29, 1.82) is 0 Å². The zero-order chi connectivity index (χ0) is 17.2. The molecule has 4 nitrogen and oxygen atoms in total. The Hall–Kier alpha value is -2.46. The lowest BCUT2D eigenvalue weighted by Crippen LogP contribution is -2.28. The molecule has 0 saturated carbocycles. The van der Waals surface area contributed by atoms with E-state index in [1.807, 2.05) is 0 Å². The summed E-state index contributed by atoms with van der Waals surface area (Å²) in [6, 6.07) is 14.0. The minimum atomic E-state index is 0.307. The molecule has 0 aliphatic carbocycles. The normalized spacial score (nSPS) is 18.0. The highest BCUT2D eigenvalue weighted by Crippen LogP contribution is 2.25. The molecule has 4 rings (SSSR count). The zero-order valence-corrected chi connectivity index (χ0v) is 14.7. The third-order valence-electron chi connectivity index (χ3n) is 5.29. The molecule has 3 aromatic rings. The number of nitrogens with two attached hydrogens (primary N) is 1. The highest BCUT2D eigenvalue weighted by atomic mass is 15.2. The van der Waals surface area contributed by atoms with Gasteiger partial charge in [-0.15, -0.1) is 0 Å². The third-order valence-corrected chi connectivity index (χ3v) is 5.29. The van der Waals surface area contributed by atoms with Crippen LogP contribution in [-0.2, 0) is 6.42 Å². The Labute approximate surface area is 148 Å². The molecule has 2 heterocycles. The minimum absolute atomic E-state index is 0.307. The molecule has 1 aliphatic heterocycles. The fourth-order valence-corrected chi connectivity index (χ4v) is 3.72. The maximum Gasteiger partial charge on any atom is 0.219 e. The van der Waals surface area contributed by atoms with Gasteiger partial charge in [-0.05, 0) is 60.7 Å². The van der Waals surface area contributed by atoms with E-state index in [0.717, 1.165) is 30.1 Å². The van der Waals surface area contributed by atoms with E-state index in [-0.39, 0.29) is 0 Å². The summed E-state index contributed by atoms with van der Waals surface area (Å²) in [7, 11) is 0. The van der Waals surface area contributed by atoms with Crippen LogP contribution < -0.4 is 5.73 Å². The number of anilines is 1. The quantitative estimate of drug-likeness (QED) is 0.787. The molecule has 1 aromatic heterocycles. The standard InChI is InChI=1S/C21H24N4/c1-15-3-2-9-25(15)10-8-16-4-5-18-12-19(7-6-17(18)11-16)20-13-23-21(22)24-14-20/h4-7,11-15H,2-3,8-10H2,1H3,(H2,22,23,24)/t15-/m1/s1. The van der Waals surface area contributed by atoms with Crippen molar-refractivity contribution in [3.05, 3.63) is 54.4 Å². The molecule has 0 amide bonds. The van der Waals surface area contributed by atoms with Crippen LogP contribution in [0.15, 0.2) is 48.8 Å². The van der Waals surface area contributed by atoms with Gasteiger partial charge in [0.2, 0.25) is 5.95 Å². The lowest BCUT2D eigenvalue weighted by molar-refractivity contribution is 0.272. The molecule has 2 aromatic carbocycles. The second-order valence-electron chi connectivity index (χ2n) is 7.00. The van der Waals surface area contributed by atoms with Crippen LogP contribution in [-0.4, -0.2) is 34.0 Å². The van der Waals surface area contributed by atoms with E-state index in [1.165, 1.54) is 35.7 Å². The summed E-state index contributed by atoms with van der Waals surface area (Å²) in [5.41, 5.74) is 9.09.